The van der Waals surface area contributed by atoms with Gasteiger partial charge in [-0.15, -0.1) is 0 Å². The Bertz CT molecular complexity index is 615. The van der Waals surface area contributed by atoms with Gasteiger partial charge in [0, 0.05) is 5.92 Å². The van der Waals surface area contributed by atoms with Crippen molar-refractivity contribution >= 4 is 0 Å². The summed E-state index contributed by atoms with van der Waals surface area (Å²) in [6, 6.07) is 15.9. The van der Waals surface area contributed by atoms with Crippen molar-refractivity contribution in [2.45, 2.75) is 38.5 Å². The Hall–Kier alpha value is -1.60. The fraction of sp³-hybridized carbons (Fsp3) is 0.400. The van der Waals surface area contributed by atoms with Gasteiger partial charge in [-0.05, 0) is 74.0 Å². The lowest BCUT2D eigenvalue weighted by molar-refractivity contribution is 0.627. The Morgan fingerprint density at radius 3 is 2.67 bits per heavy atom. The van der Waals surface area contributed by atoms with Gasteiger partial charge in [0.25, 0.3) is 0 Å². The summed E-state index contributed by atoms with van der Waals surface area (Å²) in [4.78, 5) is 0. The number of fused-ring (bicyclic) bond motifs is 2. The van der Waals surface area contributed by atoms with Crippen molar-refractivity contribution in [3.63, 3.8) is 0 Å². The molecule has 1 unspecified atom stereocenters. The predicted molar refractivity (Wildman–Crippen MR) is 90.0 cm³/mol. The molecule has 1 atom stereocenters. The van der Waals surface area contributed by atoms with Crippen LogP contribution in [0.25, 0.3) is 0 Å². The smallest absolute Gasteiger partial charge is 0.00953 e. The van der Waals surface area contributed by atoms with Crippen molar-refractivity contribution in [1.82, 2.24) is 5.32 Å². The van der Waals surface area contributed by atoms with Crippen LogP contribution in [0.3, 0.4) is 0 Å². The standard InChI is InChI=1S/C20H25N/c1-15-7-5-10-19-17(15)13-12-16-8-3-4-9-18(16)20(19)11-6-14-21-2/h3-5,7-10,20-21H,6,11-14H2,1-2H3. The number of rotatable bonds is 4. The second-order valence-corrected chi connectivity index (χ2v) is 6.14. The molecule has 1 N–H and O–H groups in total. The lowest BCUT2D eigenvalue weighted by Gasteiger charge is -2.21. The first-order chi connectivity index (χ1) is 10.3. The van der Waals surface area contributed by atoms with Crippen LogP contribution in [0.4, 0.5) is 0 Å². The molecule has 0 spiro atoms. The number of hydrogen-bond donors (Lipinski definition) is 1. The first-order valence-corrected chi connectivity index (χ1v) is 8.12. The molecule has 0 saturated heterocycles. The lowest BCUT2D eigenvalue weighted by Crippen LogP contribution is -2.11. The van der Waals surface area contributed by atoms with Crippen molar-refractivity contribution in [2.24, 2.45) is 0 Å². The van der Waals surface area contributed by atoms with E-state index in [2.05, 4.69) is 54.7 Å². The first kappa shape index (κ1) is 14.3. The van der Waals surface area contributed by atoms with E-state index in [9.17, 15) is 0 Å². The zero-order valence-electron chi connectivity index (χ0n) is 13.2. The van der Waals surface area contributed by atoms with E-state index < -0.39 is 0 Å². The molecule has 0 aliphatic heterocycles. The van der Waals surface area contributed by atoms with Crippen molar-refractivity contribution in [2.75, 3.05) is 13.6 Å². The molecule has 1 nitrogen and oxygen atoms in total. The van der Waals surface area contributed by atoms with Gasteiger partial charge in [0.15, 0.2) is 0 Å². The van der Waals surface area contributed by atoms with Crippen LogP contribution in [0.2, 0.25) is 0 Å². The van der Waals surface area contributed by atoms with Crippen LogP contribution in [0.15, 0.2) is 42.5 Å². The molecule has 0 heterocycles. The molecule has 110 valence electrons. The third-order valence-corrected chi connectivity index (χ3v) is 4.82. The van der Waals surface area contributed by atoms with Crippen LogP contribution in [0.1, 0.15) is 46.6 Å². The average Bonchev–Trinajstić information content (AvgIpc) is 2.66. The number of aryl methyl sites for hydroxylation is 2. The summed E-state index contributed by atoms with van der Waals surface area (Å²) in [6.45, 7) is 3.36. The molecular formula is C20H25N. The minimum absolute atomic E-state index is 0.562. The highest BCUT2D eigenvalue weighted by atomic mass is 14.8. The van der Waals surface area contributed by atoms with Gasteiger partial charge in [0.1, 0.15) is 0 Å². The van der Waals surface area contributed by atoms with E-state index >= 15 is 0 Å². The monoisotopic (exact) mass is 279 g/mol. The van der Waals surface area contributed by atoms with Gasteiger partial charge in [0.05, 0.1) is 0 Å². The quantitative estimate of drug-likeness (QED) is 0.826. The third kappa shape index (κ3) is 2.89. The van der Waals surface area contributed by atoms with Crippen LogP contribution in [0.5, 0.6) is 0 Å². The maximum absolute atomic E-state index is 3.28. The summed E-state index contributed by atoms with van der Waals surface area (Å²) in [7, 11) is 2.04. The van der Waals surface area contributed by atoms with E-state index in [1.54, 1.807) is 22.3 Å². The van der Waals surface area contributed by atoms with E-state index in [-0.39, 0.29) is 0 Å². The molecule has 21 heavy (non-hydrogen) atoms. The van der Waals surface area contributed by atoms with Crippen molar-refractivity contribution in [3.8, 4) is 0 Å². The summed E-state index contributed by atoms with van der Waals surface area (Å²) in [5, 5.41) is 3.28. The Morgan fingerprint density at radius 1 is 1.00 bits per heavy atom. The molecule has 0 saturated carbocycles. The highest BCUT2D eigenvalue weighted by molar-refractivity contribution is 5.47. The predicted octanol–water partition coefficient (Wildman–Crippen LogP) is 4.23. The van der Waals surface area contributed by atoms with E-state index in [0.717, 1.165) is 6.54 Å². The summed E-state index contributed by atoms with van der Waals surface area (Å²) in [5.41, 5.74) is 7.71. The normalized spacial score (nSPS) is 17.0. The molecule has 0 radical (unpaired) electrons. The molecule has 0 amide bonds. The number of hydrogen-bond acceptors (Lipinski definition) is 1. The largest absolute Gasteiger partial charge is 0.320 e. The molecule has 2 aromatic rings. The van der Waals surface area contributed by atoms with Gasteiger partial charge < -0.3 is 5.32 Å². The van der Waals surface area contributed by atoms with Crippen LogP contribution in [-0.4, -0.2) is 13.6 Å². The van der Waals surface area contributed by atoms with Crippen molar-refractivity contribution in [1.29, 1.82) is 0 Å². The summed E-state index contributed by atoms with van der Waals surface area (Å²) >= 11 is 0. The van der Waals surface area contributed by atoms with E-state index in [1.807, 2.05) is 7.05 Å². The Kier molecular flexibility index (Phi) is 4.40. The maximum atomic E-state index is 3.28. The third-order valence-electron chi connectivity index (χ3n) is 4.82. The van der Waals surface area contributed by atoms with Crippen LogP contribution in [-0.2, 0) is 12.8 Å². The van der Waals surface area contributed by atoms with E-state index in [1.165, 1.54) is 31.2 Å². The van der Waals surface area contributed by atoms with E-state index in [0.29, 0.717) is 5.92 Å². The number of benzene rings is 2. The first-order valence-electron chi connectivity index (χ1n) is 8.12. The minimum Gasteiger partial charge on any atom is -0.320 e. The SMILES string of the molecule is CNCCCC1c2ccccc2CCc2c(C)cccc21. The van der Waals surface area contributed by atoms with Gasteiger partial charge in [-0.3, -0.25) is 0 Å². The van der Waals surface area contributed by atoms with Crippen molar-refractivity contribution in [3.05, 3.63) is 70.3 Å². The van der Waals surface area contributed by atoms with Gasteiger partial charge in [-0.25, -0.2) is 0 Å². The van der Waals surface area contributed by atoms with Crippen LogP contribution >= 0.6 is 0 Å². The van der Waals surface area contributed by atoms with E-state index in [4.69, 9.17) is 0 Å². The van der Waals surface area contributed by atoms with Crippen LogP contribution in [0, 0.1) is 6.92 Å². The fourth-order valence-corrected chi connectivity index (χ4v) is 3.72. The zero-order valence-corrected chi connectivity index (χ0v) is 13.2. The lowest BCUT2D eigenvalue weighted by atomic mass is 9.84. The minimum atomic E-state index is 0.562. The second kappa shape index (κ2) is 6.44. The Morgan fingerprint density at radius 2 is 1.81 bits per heavy atom. The van der Waals surface area contributed by atoms with Crippen LogP contribution < -0.4 is 5.32 Å². The highest BCUT2D eigenvalue weighted by Gasteiger charge is 2.23. The molecule has 1 aliphatic carbocycles. The zero-order chi connectivity index (χ0) is 14.7. The molecule has 1 aliphatic rings. The molecule has 3 rings (SSSR count). The van der Waals surface area contributed by atoms with Gasteiger partial charge in [0.2, 0.25) is 0 Å². The Balaban J connectivity index is 2.04. The molecule has 0 bridgehead atoms. The summed E-state index contributed by atoms with van der Waals surface area (Å²) in [6.07, 6.45) is 4.81. The topological polar surface area (TPSA) is 12.0 Å². The number of nitrogens with one attached hydrogen (secondary N) is 1. The highest BCUT2D eigenvalue weighted by Crippen LogP contribution is 2.38. The Labute approximate surface area is 128 Å². The summed E-state index contributed by atoms with van der Waals surface area (Å²) in [5.74, 6) is 0.562. The average molecular weight is 279 g/mol. The van der Waals surface area contributed by atoms with Gasteiger partial charge >= 0.3 is 0 Å². The fourth-order valence-electron chi connectivity index (χ4n) is 3.72. The van der Waals surface area contributed by atoms with Gasteiger partial charge in [-0.2, -0.15) is 0 Å². The van der Waals surface area contributed by atoms with Crippen molar-refractivity contribution < 1.29 is 0 Å². The second-order valence-electron chi connectivity index (χ2n) is 6.14. The molecule has 0 fully saturated rings. The molecule has 0 aromatic heterocycles. The molecule has 1 heteroatoms. The summed E-state index contributed by atoms with van der Waals surface area (Å²) < 4.78 is 0. The van der Waals surface area contributed by atoms with Gasteiger partial charge in [-0.1, -0.05) is 42.5 Å². The molecular weight excluding hydrogens is 254 g/mol. The maximum Gasteiger partial charge on any atom is 0.00953 e. The molecule has 2 aromatic carbocycles.